The Hall–Kier alpha value is -1.38. The quantitative estimate of drug-likeness (QED) is 0.747. The fourth-order valence-corrected chi connectivity index (χ4v) is 2.29. The molecule has 1 aromatic carbocycles. The highest BCUT2D eigenvalue weighted by Crippen LogP contribution is 2.27. The van der Waals surface area contributed by atoms with Crippen LogP contribution in [0.15, 0.2) is 18.2 Å². The SMILES string of the molecule is CC(=O)c1cc(F)ccc1OCC1CCCC1. The molecule has 2 rings (SSSR count). The third-order valence-corrected chi connectivity index (χ3v) is 3.27. The van der Waals surface area contributed by atoms with Crippen molar-refractivity contribution in [2.75, 3.05) is 6.61 Å². The number of hydrogen-bond donors (Lipinski definition) is 0. The average Bonchev–Trinajstić information content (AvgIpc) is 2.80. The summed E-state index contributed by atoms with van der Waals surface area (Å²) in [6.07, 6.45) is 4.90. The van der Waals surface area contributed by atoms with Crippen molar-refractivity contribution >= 4 is 5.78 Å². The van der Waals surface area contributed by atoms with Crippen molar-refractivity contribution in [3.8, 4) is 5.75 Å². The highest BCUT2D eigenvalue weighted by atomic mass is 19.1. The minimum Gasteiger partial charge on any atom is -0.493 e. The smallest absolute Gasteiger partial charge is 0.163 e. The van der Waals surface area contributed by atoms with Gasteiger partial charge in [0.05, 0.1) is 12.2 Å². The van der Waals surface area contributed by atoms with Gasteiger partial charge in [0.15, 0.2) is 5.78 Å². The predicted octanol–water partition coefficient (Wildman–Crippen LogP) is 3.60. The summed E-state index contributed by atoms with van der Waals surface area (Å²) in [5, 5.41) is 0. The molecule has 1 aromatic rings. The van der Waals surface area contributed by atoms with Gasteiger partial charge in [-0.05, 0) is 43.9 Å². The summed E-state index contributed by atoms with van der Waals surface area (Å²) in [6.45, 7) is 2.06. The minimum absolute atomic E-state index is 0.161. The van der Waals surface area contributed by atoms with Crippen molar-refractivity contribution in [2.45, 2.75) is 32.6 Å². The van der Waals surface area contributed by atoms with Gasteiger partial charge in [0.2, 0.25) is 0 Å². The van der Waals surface area contributed by atoms with Gasteiger partial charge in [-0.1, -0.05) is 12.8 Å². The van der Waals surface area contributed by atoms with E-state index in [0.717, 1.165) is 0 Å². The zero-order valence-corrected chi connectivity index (χ0v) is 10.0. The van der Waals surface area contributed by atoms with Gasteiger partial charge >= 0.3 is 0 Å². The molecule has 0 radical (unpaired) electrons. The summed E-state index contributed by atoms with van der Waals surface area (Å²) in [4.78, 5) is 11.4. The lowest BCUT2D eigenvalue weighted by molar-refractivity contribution is 0.101. The second kappa shape index (κ2) is 5.30. The topological polar surface area (TPSA) is 26.3 Å². The highest BCUT2D eigenvalue weighted by Gasteiger charge is 2.17. The highest BCUT2D eigenvalue weighted by molar-refractivity contribution is 5.96. The van der Waals surface area contributed by atoms with Crippen LogP contribution in [0, 0.1) is 11.7 Å². The molecule has 0 atom stereocenters. The van der Waals surface area contributed by atoms with Crippen molar-refractivity contribution in [1.82, 2.24) is 0 Å². The van der Waals surface area contributed by atoms with Crippen LogP contribution in [-0.2, 0) is 0 Å². The van der Waals surface area contributed by atoms with Gasteiger partial charge < -0.3 is 4.74 Å². The number of carbonyl (C=O) groups is 1. The summed E-state index contributed by atoms with van der Waals surface area (Å²) in [5.74, 6) is 0.528. The molecule has 0 saturated heterocycles. The first-order valence-corrected chi connectivity index (χ1v) is 6.10. The predicted molar refractivity (Wildman–Crippen MR) is 63.9 cm³/mol. The molecule has 92 valence electrons. The van der Waals surface area contributed by atoms with Crippen molar-refractivity contribution in [1.29, 1.82) is 0 Å². The van der Waals surface area contributed by atoms with Gasteiger partial charge in [-0.2, -0.15) is 0 Å². The number of rotatable bonds is 4. The Labute approximate surface area is 101 Å². The third kappa shape index (κ3) is 3.05. The maximum Gasteiger partial charge on any atom is 0.163 e. The Morgan fingerprint density at radius 3 is 2.76 bits per heavy atom. The molecule has 0 N–H and O–H groups in total. The number of ketones is 1. The first-order chi connectivity index (χ1) is 8.16. The van der Waals surface area contributed by atoms with E-state index >= 15 is 0 Å². The van der Waals surface area contributed by atoms with E-state index in [1.807, 2.05) is 0 Å². The summed E-state index contributed by atoms with van der Waals surface area (Å²) in [6, 6.07) is 4.11. The summed E-state index contributed by atoms with van der Waals surface area (Å²) < 4.78 is 18.7. The van der Waals surface area contributed by atoms with Gasteiger partial charge in [0.1, 0.15) is 11.6 Å². The normalized spacial score (nSPS) is 16.1. The molecular formula is C14H17FO2. The summed E-state index contributed by atoms with van der Waals surface area (Å²) in [5.41, 5.74) is 0.336. The Morgan fingerprint density at radius 2 is 2.12 bits per heavy atom. The van der Waals surface area contributed by atoms with Crippen LogP contribution < -0.4 is 4.74 Å². The maximum atomic E-state index is 13.0. The van der Waals surface area contributed by atoms with Crippen LogP contribution in [0.25, 0.3) is 0 Å². The lowest BCUT2D eigenvalue weighted by Crippen LogP contribution is -2.10. The molecule has 2 nitrogen and oxygen atoms in total. The minimum atomic E-state index is -0.400. The van der Waals surface area contributed by atoms with Crippen molar-refractivity contribution in [2.24, 2.45) is 5.92 Å². The van der Waals surface area contributed by atoms with Crippen LogP contribution in [-0.4, -0.2) is 12.4 Å². The van der Waals surface area contributed by atoms with E-state index in [1.165, 1.54) is 44.7 Å². The number of ether oxygens (including phenoxy) is 1. The second-order valence-electron chi connectivity index (χ2n) is 4.66. The van der Waals surface area contributed by atoms with E-state index in [0.29, 0.717) is 23.8 Å². The van der Waals surface area contributed by atoms with Crippen LogP contribution in [0.2, 0.25) is 0 Å². The maximum absolute atomic E-state index is 13.0. The van der Waals surface area contributed by atoms with Gasteiger partial charge in [0, 0.05) is 0 Å². The molecule has 0 spiro atoms. The van der Waals surface area contributed by atoms with Crippen LogP contribution in [0.3, 0.4) is 0 Å². The lowest BCUT2D eigenvalue weighted by atomic mass is 10.1. The molecule has 0 bridgehead atoms. The largest absolute Gasteiger partial charge is 0.493 e. The van der Waals surface area contributed by atoms with Gasteiger partial charge in [0.25, 0.3) is 0 Å². The lowest BCUT2D eigenvalue weighted by Gasteiger charge is -2.13. The molecule has 3 heteroatoms. The van der Waals surface area contributed by atoms with E-state index in [1.54, 1.807) is 6.07 Å². The first-order valence-electron chi connectivity index (χ1n) is 6.10. The van der Waals surface area contributed by atoms with Crippen molar-refractivity contribution in [3.63, 3.8) is 0 Å². The number of Topliss-reactive ketones (excluding diaryl/α,β-unsaturated/α-hetero) is 1. The Bertz CT molecular complexity index is 409. The molecule has 1 aliphatic carbocycles. The molecule has 0 aliphatic heterocycles. The molecular weight excluding hydrogens is 219 g/mol. The van der Waals surface area contributed by atoms with E-state index < -0.39 is 5.82 Å². The van der Waals surface area contributed by atoms with Crippen LogP contribution in [0.4, 0.5) is 4.39 Å². The fourth-order valence-electron chi connectivity index (χ4n) is 2.29. The molecule has 17 heavy (non-hydrogen) atoms. The molecule has 1 fully saturated rings. The average molecular weight is 236 g/mol. The van der Waals surface area contributed by atoms with E-state index in [-0.39, 0.29) is 5.78 Å². The van der Waals surface area contributed by atoms with Crippen LogP contribution in [0.5, 0.6) is 5.75 Å². The zero-order chi connectivity index (χ0) is 12.3. The monoisotopic (exact) mass is 236 g/mol. The van der Waals surface area contributed by atoms with Crippen molar-refractivity contribution < 1.29 is 13.9 Å². The summed E-state index contributed by atoms with van der Waals surface area (Å²) >= 11 is 0. The van der Waals surface area contributed by atoms with Gasteiger partial charge in [-0.3, -0.25) is 4.79 Å². The zero-order valence-electron chi connectivity index (χ0n) is 10.0. The Kier molecular flexibility index (Phi) is 3.77. The number of benzene rings is 1. The molecule has 1 saturated carbocycles. The van der Waals surface area contributed by atoms with E-state index in [9.17, 15) is 9.18 Å². The molecule has 0 heterocycles. The third-order valence-electron chi connectivity index (χ3n) is 3.27. The second-order valence-corrected chi connectivity index (χ2v) is 4.66. The molecule has 0 aromatic heterocycles. The van der Waals surface area contributed by atoms with Crippen LogP contribution in [0.1, 0.15) is 43.0 Å². The van der Waals surface area contributed by atoms with Gasteiger partial charge in [-0.15, -0.1) is 0 Å². The number of carbonyl (C=O) groups excluding carboxylic acids is 1. The fraction of sp³-hybridized carbons (Fsp3) is 0.500. The standard InChI is InChI=1S/C14H17FO2/c1-10(16)13-8-12(15)6-7-14(13)17-9-11-4-2-3-5-11/h6-8,11H,2-5,9H2,1H3. The van der Waals surface area contributed by atoms with Crippen molar-refractivity contribution in [3.05, 3.63) is 29.6 Å². The van der Waals surface area contributed by atoms with Crippen LogP contribution >= 0.6 is 0 Å². The molecule has 1 aliphatic rings. The Balaban J connectivity index is 2.06. The van der Waals surface area contributed by atoms with E-state index in [4.69, 9.17) is 4.74 Å². The van der Waals surface area contributed by atoms with E-state index in [2.05, 4.69) is 0 Å². The molecule has 0 unspecified atom stereocenters. The molecule has 0 amide bonds. The summed E-state index contributed by atoms with van der Waals surface area (Å²) in [7, 11) is 0. The Morgan fingerprint density at radius 1 is 1.41 bits per heavy atom. The first kappa shape index (κ1) is 12.1. The number of halogens is 1. The van der Waals surface area contributed by atoms with Gasteiger partial charge in [-0.25, -0.2) is 4.39 Å². The number of hydrogen-bond acceptors (Lipinski definition) is 2.